The molecule has 2 aromatic carbocycles. The molecule has 94 valence electrons. The first-order chi connectivity index (χ1) is 9.24. The topological polar surface area (TPSA) is 42.4 Å². The lowest BCUT2D eigenvalue weighted by molar-refractivity contribution is 0.458. The highest BCUT2D eigenvalue weighted by atomic mass is 79.9. The number of rotatable bonds is 2. The van der Waals surface area contributed by atoms with Gasteiger partial charge < -0.3 is 9.84 Å². The van der Waals surface area contributed by atoms with Crippen molar-refractivity contribution in [2.45, 2.75) is 0 Å². The second-order valence-corrected chi connectivity index (χ2v) is 4.90. The molecule has 0 spiro atoms. The molecule has 0 atom stereocenters. The molecule has 1 aromatic heterocycles. The molecule has 3 nitrogen and oxygen atoms in total. The molecular formula is C15H10BrNO2. The number of pyridine rings is 1. The third-order valence-corrected chi connectivity index (χ3v) is 3.46. The molecule has 3 aromatic rings. The fourth-order valence-corrected chi connectivity index (χ4v) is 2.35. The Hall–Kier alpha value is -2.07. The molecule has 0 radical (unpaired) electrons. The molecule has 0 fully saturated rings. The van der Waals surface area contributed by atoms with Gasteiger partial charge in [-0.3, -0.25) is 0 Å². The number of ether oxygens (including phenoxy) is 1. The Morgan fingerprint density at radius 2 is 1.74 bits per heavy atom. The van der Waals surface area contributed by atoms with Gasteiger partial charge >= 0.3 is 0 Å². The van der Waals surface area contributed by atoms with Crippen molar-refractivity contribution in [2.75, 3.05) is 0 Å². The lowest BCUT2D eigenvalue weighted by Gasteiger charge is -2.08. The van der Waals surface area contributed by atoms with Crippen LogP contribution < -0.4 is 4.74 Å². The number of hydrogen-bond donors (Lipinski definition) is 1. The zero-order chi connectivity index (χ0) is 13.2. The van der Waals surface area contributed by atoms with E-state index < -0.39 is 0 Å². The molecule has 0 unspecified atom stereocenters. The van der Waals surface area contributed by atoms with E-state index in [1.165, 1.54) is 0 Å². The standard InChI is InChI=1S/C15H10BrNO2/c16-14-3-1-2-13-12(14)8-9-17-15(13)19-11-6-4-10(18)5-7-11/h1-9,18H. The van der Waals surface area contributed by atoms with Crippen LogP contribution in [0.4, 0.5) is 0 Å². The molecule has 1 heterocycles. The molecule has 0 saturated heterocycles. The number of aromatic hydroxyl groups is 1. The minimum absolute atomic E-state index is 0.209. The van der Waals surface area contributed by atoms with Crippen LogP contribution in [0.25, 0.3) is 10.8 Å². The summed E-state index contributed by atoms with van der Waals surface area (Å²) in [7, 11) is 0. The maximum atomic E-state index is 9.25. The number of hydrogen-bond acceptors (Lipinski definition) is 3. The van der Waals surface area contributed by atoms with E-state index in [9.17, 15) is 5.11 Å². The second-order valence-electron chi connectivity index (χ2n) is 4.05. The Labute approximate surface area is 118 Å². The maximum absolute atomic E-state index is 9.25. The summed E-state index contributed by atoms with van der Waals surface area (Å²) in [5.74, 6) is 1.39. The highest BCUT2D eigenvalue weighted by Crippen LogP contribution is 2.31. The number of phenols is 1. The van der Waals surface area contributed by atoms with Crippen LogP contribution in [0.3, 0.4) is 0 Å². The molecule has 0 aliphatic carbocycles. The SMILES string of the molecule is Oc1ccc(Oc2nccc3c(Br)cccc23)cc1. The second kappa shape index (κ2) is 4.90. The van der Waals surface area contributed by atoms with Crippen LogP contribution in [0.2, 0.25) is 0 Å². The van der Waals surface area contributed by atoms with E-state index in [1.54, 1.807) is 30.5 Å². The largest absolute Gasteiger partial charge is 0.508 e. The van der Waals surface area contributed by atoms with Crippen molar-refractivity contribution in [3.63, 3.8) is 0 Å². The predicted octanol–water partition coefficient (Wildman–Crippen LogP) is 4.50. The van der Waals surface area contributed by atoms with Gasteiger partial charge in [0.15, 0.2) is 0 Å². The Bertz CT molecular complexity index is 726. The lowest BCUT2D eigenvalue weighted by atomic mass is 10.2. The number of aromatic nitrogens is 1. The third-order valence-electron chi connectivity index (χ3n) is 2.77. The van der Waals surface area contributed by atoms with Gasteiger partial charge in [-0.15, -0.1) is 0 Å². The lowest BCUT2D eigenvalue weighted by Crippen LogP contribution is -1.89. The first kappa shape index (κ1) is 12.0. The molecule has 0 bridgehead atoms. The highest BCUT2D eigenvalue weighted by molar-refractivity contribution is 9.10. The minimum Gasteiger partial charge on any atom is -0.508 e. The van der Waals surface area contributed by atoms with Gasteiger partial charge in [-0.2, -0.15) is 0 Å². The summed E-state index contributed by atoms with van der Waals surface area (Å²) in [6.45, 7) is 0. The summed E-state index contributed by atoms with van der Waals surface area (Å²) in [5.41, 5.74) is 0. The molecule has 0 amide bonds. The fourth-order valence-electron chi connectivity index (χ4n) is 1.85. The van der Waals surface area contributed by atoms with E-state index in [1.807, 2.05) is 24.3 Å². The van der Waals surface area contributed by atoms with Gasteiger partial charge in [-0.1, -0.05) is 22.0 Å². The quantitative estimate of drug-likeness (QED) is 0.757. The van der Waals surface area contributed by atoms with Crippen LogP contribution >= 0.6 is 15.9 Å². The van der Waals surface area contributed by atoms with Gasteiger partial charge in [0.25, 0.3) is 0 Å². The van der Waals surface area contributed by atoms with E-state index in [0.29, 0.717) is 11.6 Å². The van der Waals surface area contributed by atoms with Crippen LogP contribution in [-0.2, 0) is 0 Å². The first-order valence-corrected chi connectivity index (χ1v) is 6.53. The van der Waals surface area contributed by atoms with Crippen LogP contribution in [0.5, 0.6) is 17.4 Å². The number of nitrogens with zero attached hydrogens (tertiary/aromatic N) is 1. The first-order valence-electron chi connectivity index (χ1n) is 5.74. The third kappa shape index (κ3) is 2.39. The van der Waals surface area contributed by atoms with Crippen molar-refractivity contribution in [1.82, 2.24) is 4.98 Å². The van der Waals surface area contributed by atoms with Gasteiger partial charge in [0, 0.05) is 21.4 Å². The monoisotopic (exact) mass is 315 g/mol. The Kier molecular flexibility index (Phi) is 3.09. The number of fused-ring (bicyclic) bond motifs is 1. The van der Waals surface area contributed by atoms with Crippen molar-refractivity contribution < 1.29 is 9.84 Å². The molecule has 3 rings (SSSR count). The van der Waals surface area contributed by atoms with Gasteiger partial charge in [0.2, 0.25) is 5.88 Å². The summed E-state index contributed by atoms with van der Waals surface area (Å²) in [6.07, 6.45) is 1.71. The van der Waals surface area contributed by atoms with E-state index >= 15 is 0 Å². The fraction of sp³-hybridized carbons (Fsp3) is 0. The molecule has 19 heavy (non-hydrogen) atoms. The van der Waals surface area contributed by atoms with Gasteiger partial charge in [-0.05, 0) is 42.5 Å². The van der Waals surface area contributed by atoms with Crippen molar-refractivity contribution in [3.05, 3.63) is 59.2 Å². The average Bonchev–Trinajstić information content (AvgIpc) is 2.43. The van der Waals surface area contributed by atoms with Gasteiger partial charge in [0.05, 0.1) is 0 Å². The van der Waals surface area contributed by atoms with E-state index in [2.05, 4.69) is 20.9 Å². The molecule has 0 aliphatic heterocycles. The smallest absolute Gasteiger partial charge is 0.227 e. The summed E-state index contributed by atoms with van der Waals surface area (Å²) in [5, 5.41) is 11.2. The van der Waals surface area contributed by atoms with E-state index in [4.69, 9.17) is 4.74 Å². The number of halogens is 1. The zero-order valence-corrected chi connectivity index (χ0v) is 11.5. The molecule has 0 aliphatic rings. The summed E-state index contributed by atoms with van der Waals surface area (Å²) in [4.78, 5) is 4.26. The summed E-state index contributed by atoms with van der Waals surface area (Å²) >= 11 is 3.51. The van der Waals surface area contributed by atoms with Crippen LogP contribution in [0.15, 0.2) is 59.2 Å². The van der Waals surface area contributed by atoms with Crippen molar-refractivity contribution in [1.29, 1.82) is 0 Å². The van der Waals surface area contributed by atoms with Crippen LogP contribution in [-0.4, -0.2) is 10.1 Å². The van der Waals surface area contributed by atoms with Crippen molar-refractivity contribution in [2.24, 2.45) is 0 Å². The van der Waals surface area contributed by atoms with Crippen LogP contribution in [0.1, 0.15) is 0 Å². The Morgan fingerprint density at radius 1 is 0.947 bits per heavy atom. The molecular weight excluding hydrogens is 306 g/mol. The van der Waals surface area contributed by atoms with Crippen molar-refractivity contribution in [3.8, 4) is 17.4 Å². The summed E-state index contributed by atoms with van der Waals surface area (Å²) in [6, 6.07) is 14.4. The highest BCUT2D eigenvalue weighted by Gasteiger charge is 2.06. The Balaban J connectivity index is 2.06. The normalized spacial score (nSPS) is 10.6. The summed E-state index contributed by atoms with van der Waals surface area (Å²) < 4.78 is 6.76. The van der Waals surface area contributed by atoms with Crippen LogP contribution in [0, 0.1) is 0 Å². The molecule has 0 saturated carbocycles. The number of benzene rings is 2. The van der Waals surface area contributed by atoms with E-state index in [0.717, 1.165) is 15.2 Å². The van der Waals surface area contributed by atoms with Gasteiger partial charge in [-0.25, -0.2) is 4.98 Å². The average molecular weight is 316 g/mol. The van der Waals surface area contributed by atoms with E-state index in [-0.39, 0.29) is 5.75 Å². The maximum Gasteiger partial charge on any atom is 0.227 e. The number of phenolic OH excluding ortho intramolecular Hbond substituents is 1. The Morgan fingerprint density at radius 3 is 2.53 bits per heavy atom. The molecule has 1 N–H and O–H groups in total. The minimum atomic E-state index is 0.209. The molecule has 4 heteroatoms. The zero-order valence-electron chi connectivity index (χ0n) is 9.88. The van der Waals surface area contributed by atoms with Crippen molar-refractivity contribution >= 4 is 26.7 Å². The van der Waals surface area contributed by atoms with Gasteiger partial charge in [0.1, 0.15) is 11.5 Å². The predicted molar refractivity (Wildman–Crippen MR) is 77.6 cm³/mol.